The third-order valence-corrected chi connectivity index (χ3v) is 5.58. The number of sulfonamides is 1. The van der Waals surface area contributed by atoms with Gasteiger partial charge in [0.15, 0.2) is 0 Å². The van der Waals surface area contributed by atoms with Gasteiger partial charge in [-0.25, -0.2) is 8.42 Å². The lowest BCUT2D eigenvalue weighted by molar-refractivity contribution is -0.114. The van der Waals surface area contributed by atoms with Crippen LogP contribution in [0.15, 0.2) is 46.2 Å². The second kappa shape index (κ2) is 7.27. The van der Waals surface area contributed by atoms with Crippen LogP contribution in [0.5, 0.6) is 0 Å². The Bertz CT molecular complexity index is 877. The molecule has 0 saturated carbocycles. The molecule has 7 heteroatoms. The van der Waals surface area contributed by atoms with Gasteiger partial charge < -0.3 is 5.32 Å². The lowest BCUT2D eigenvalue weighted by Crippen LogP contribution is -2.15. The molecule has 2 rings (SSSR count). The van der Waals surface area contributed by atoms with E-state index in [1.807, 2.05) is 32.2 Å². The first kappa shape index (κ1) is 18.4. The van der Waals surface area contributed by atoms with Crippen molar-refractivity contribution in [3.63, 3.8) is 0 Å². The van der Waals surface area contributed by atoms with Crippen molar-refractivity contribution in [3.8, 4) is 0 Å². The van der Waals surface area contributed by atoms with Crippen LogP contribution < -0.4 is 10.0 Å². The molecule has 2 aromatic rings. The molecule has 0 bridgehead atoms. The first-order chi connectivity index (χ1) is 11.2. The lowest BCUT2D eigenvalue weighted by Gasteiger charge is -2.14. The molecule has 0 aliphatic rings. The highest BCUT2D eigenvalue weighted by Gasteiger charge is 2.17. The van der Waals surface area contributed by atoms with Crippen molar-refractivity contribution >= 4 is 39.1 Å². The number of thioether (sulfide) groups is 1. The number of carbonyl (C=O) groups excluding carboxylic acids is 1. The smallest absolute Gasteiger partial charge is 0.261 e. The maximum atomic E-state index is 12.6. The van der Waals surface area contributed by atoms with Crippen molar-refractivity contribution in [2.75, 3.05) is 16.3 Å². The predicted octanol–water partition coefficient (Wildman–Crippen LogP) is 3.78. The Kier molecular flexibility index (Phi) is 5.56. The Balaban J connectivity index is 2.40. The van der Waals surface area contributed by atoms with E-state index in [1.165, 1.54) is 30.8 Å². The number of amides is 1. The fraction of sp³-hybridized carbons (Fsp3) is 0.235. The van der Waals surface area contributed by atoms with Crippen molar-refractivity contribution < 1.29 is 13.2 Å². The van der Waals surface area contributed by atoms with Crippen LogP contribution in [0.4, 0.5) is 11.4 Å². The summed E-state index contributed by atoms with van der Waals surface area (Å²) in [6, 6.07) is 10.2. The van der Waals surface area contributed by atoms with E-state index in [2.05, 4.69) is 10.0 Å². The molecule has 0 spiro atoms. The summed E-state index contributed by atoms with van der Waals surface area (Å²) in [5.41, 5.74) is 2.93. The van der Waals surface area contributed by atoms with Crippen LogP contribution in [0.3, 0.4) is 0 Å². The number of benzene rings is 2. The fourth-order valence-corrected chi connectivity index (χ4v) is 3.96. The first-order valence-electron chi connectivity index (χ1n) is 7.28. The highest BCUT2D eigenvalue weighted by molar-refractivity contribution is 7.98. The van der Waals surface area contributed by atoms with E-state index in [9.17, 15) is 13.2 Å². The molecule has 0 atom stereocenters. The second-order valence-electron chi connectivity index (χ2n) is 5.47. The average Bonchev–Trinajstić information content (AvgIpc) is 2.49. The fourth-order valence-electron chi connectivity index (χ4n) is 2.27. The van der Waals surface area contributed by atoms with E-state index >= 15 is 0 Å². The minimum Gasteiger partial charge on any atom is -0.325 e. The number of aryl methyl sites for hydroxylation is 2. The van der Waals surface area contributed by atoms with Crippen molar-refractivity contribution in [1.29, 1.82) is 0 Å². The third kappa shape index (κ3) is 4.30. The van der Waals surface area contributed by atoms with Gasteiger partial charge in [0.2, 0.25) is 5.91 Å². The van der Waals surface area contributed by atoms with Crippen LogP contribution in [-0.2, 0) is 14.8 Å². The normalized spacial score (nSPS) is 11.2. The number of rotatable bonds is 5. The molecule has 1 amide bonds. The summed E-state index contributed by atoms with van der Waals surface area (Å²) in [4.78, 5) is 12.2. The van der Waals surface area contributed by atoms with E-state index < -0.39 is 10.0 Å². The van der Waals surface area contributed by atoms with Gasteiger partial charge in [0, 0.05) is 11.8 Å². The van der Waals surface area contributed by atoms with E-state index in [1.54, 1.807) is 12.1 Å². The second-order valence-corrected chi connectivity index (χ2v) is 8.00. The van der Waals surface area contributed by atoms with Crippen LogP contribution in [-0.4, -0.2) is 20.6 Å². The van der Waals surface area contributed by atoms with Gasteiger partial charge in [-0.15, -0.1) is 11.8 Å². The quantitative estimate of drug-likeness (QED) is 0.792. The Morgan fingerprint density at radius 3 is 2.33 bits per heavy atom. The highest BCUT2D eigenvalue weighted by atomic mass is 32.2. The third-order valence-electron chi connectivity index (χ3n) is 3.42. The van der Waals surface area contributed by atoms with E-state index in [0.29, 0.717) is 11.4 Å². The van der Waals surface area contributed by atoms with E-state index in [0.717, 1.165) is 16.0 Å². The molecule has 0 aliphatic heterocycles. The summed E-state index contributed by atoms with van der Waals surface area (Å²) in [6.07, 6.45) is 1.86. The van der Waals surface area contributed by atoms with Crippen molar-refractivity contribution in [3.05, 3.63) is 47.5 Å². The topological polar surface area (TPSA) is 75.3 Å². The van der Waals surface area contributed by atoms with Gasteiger partial charge in [-0.3, -0.25) is 9.52 Å². The zero-order valence-corrected chi connectivity index (χ0v) is 15.6. The number of hydrogen-bond acceptors (Lipinski definition) is 4. The average molecular weight is 364 g/mol. The summed E-state index contributed by atoms with van der Waals surface area (Å²) in [5, 5.41) is 2.67. The minimum absolute atomic E-state index is 0.101. The van der Waals surface area contributed by atoms with Gasteiger partial charge in [0.25, 0.3) is 10.0 Å². The van der Waals surface area contributed by atoms with Crippen molar-refractivity contribution in [2.24, 2.45) is 0 Å². The molecular weight excluding hydrogens is 344 g/mol. The molecular formula is C17H20N2O3S2. The Morgan fingerprint density at radius 2 is 1.75 bits per heavy atom. The van der Waals surface area contributed by atoms with Crippen LogP contribution in [0.2, 0.25) is 0 Å². The minimum atomic E-state index is -3.74. The van der Waals surface area contributed by atoms with Gasteiger partial charge in [-0.05, 0) is 49.9 Å². The number of hydrogen-bond donors (Lipinski definition) is 2. The Hall–Kier alpha value is -1.99. The largest absolute Gasteiger partial charge is 0.325 e. The molecule has 2 aromatic carbocycles. The zero-order valence-electron chi connectivity index (χ0n) is 14.0. The molecule has 128 valence electrons. The van der Waals surface area contributed by atoms with Crippen LogP contribution in [0, 0.1) is 13.8 Å². The molecule has 0 heterocycles. The predicted molar refractivity (Wildman–Crippen MR) is 99.3 cm³/mol. The van der Waals surface area contributed by atoms with Gasteiger partial charge in [0.05, 0.1) is 16.3 Å². The van der Waals surface area contributed by atoms with Gasteiger partial charge in [-0.1, -0.05) is 17.7 Å². The summed E-state index contributed by atoms with van der Waals surface area (Å²) in [7, 11) is -3.74. The maximum absolute atomic E-state index is 12.6. The number of carbonyl (C=O) groups is 1. The monoisotopic (exact) mass is 364 g/mol. The van der Waals surface area contributed by atoms with Crippen molar-refractivity contribution in [2.45, 2.75) is 30.6 Å². The van der Waals surface area contributed by atoms with E-state index in [-0.39, 0.29) is 10.8 Å². The molecule has 2 N–H and O–H groups in total. The maximum Gasteiger partial charge on any atom is 0.261 e. The number of anilines is 2. The molecule has 0 aliphatic carbocycles. The summed E-state index contributed by atoms with van der Waals surface area (Å²) >= 11 is 1.43. The molecule has 0 unspecified atom stereocenters. The lowest BCUT2D eigenvalue weighted by atomic mass is 10.1. The van der Waals surface area contributed by atoms with Crippen LogP contribution in [0.25, 0.3) is 0 Å². The zero-order chi connectivity index (χ0) is 17.9. The van der Waals surface area contributed by atoms with E-state index in [4.69, 9.17) is 0 Å². The molecule has 0 saturated heterocycles. The molecule has 0 aromatic heterocycles. The van der Waals surface area contributed by atoms with Gasteiger partial charge in [-0.2, -0.15) is 0 Å². The first-order valence-corrected chi connectivity index (χ1v) is 9.99. The van der Waals surface area contributed by atoms with Crippen molar-refractivity contribution in [1.82, 2.24) is 0 Å². The molecule has 0 fully saturated rings. The highest BCUT2D eigenvalue weighted by Crippen LogP contribution is 2.29. The SMILES string of the molecule is CSc1ccc(S(=O)(=O)Nc2ccc(C)cc2C)cc1NC(C)=O. The van der Waals surface area contributed by atoms with Crippen LogP contribution >= 0.6 is 11.8 Å². The summed E-state index contributed by atoms with van der Waals surface area (Å²) in [5.74, 6) is -0.248. The van der Waals surface area contributed by atoms with Crippen LogP contribution in [0.1, 0.15) is 18.1 Å². The molecule has 5 nitrogen and oxygen atoms in total. The van der Waals surface area contributed by atoms with Gasteiger partial charge in [0.1, 0.15) is 0 Å². The molecule has 0 radical (unpaired) electrons. The molecule has 24 heavy (non-hydrogen) atoms. The Morgan fingerprint density at radius 1 is 1.04 bits per heavy atom. The van der Waals surface area contributed by atoms with Gasteiger partial charge >= 0.3 is 0 Å². The Labute approximate surface area is 146 Å². The summed E-state index contributed by atoms with van der Waals surface area (Å²) in [6.45, 7) is 5.19. The summed E-state index contributed by atoms with van der Waals surface area (Å²) < 4.78 is 27.9. The standard InChI is InChI=1S/C17H20N2O3S2/c1-11-5-7-15(12(2)9-11)19-24(21,22)14-6-8-17(23-4)16(10-14)18-13(3)20/h5-10,19H,1-4H3,(H,18,20). The number of nitrogens with one attached hydrogen (secondary N) is 2.